The van der Waals surface area contributed by atoms with Crippen LogP contribution in [0, 0.1) is 5.92 Å². The van der Waals surface area contributed by atoms with Crippen LogP contribution in [0.4, 0.5) is 0 Å². The Bertz CT molecular complexity index is 296. The topological polar surface area (TPSA) is 55.4 Å². The van der Waals surface area contributed by atoms with Gasteiger partial charge in [-0.25, -0.2) is 4.79 Å². The number of hydrogen-bond donors (Lipinski definition) is 2. The van der Waals surface area contributed by atoms with Crippen molar-refractivity contribution in [3.8, 4) is 0 Å². The zero-order valence-electron chi connectivity index (χ0n) is 11.1. The van der Waals surface area contributed by atoms with Crippen LogP contribution in [0.15, 0.2) is 0 Å². The number of rotatable bonds is 5. The molecule has 5 heteroatoms. The molecule has 1 fully saturated rings. The normalized spacial score (nSPS) is 25.3. The van der Waals surface area contributed by atoms with Crippen LogP contribution < -0.4 is 5.32 Å². The fourth-order valence-corrected chi connectivity index (χ4v) is 2.69. The highest BCUT2D eigenvalue weighted by Gasteiger charge is 2.29. The van der Waals surface area contributed by atoms with Gasteiger partial charge in [0.25, 0.3) is 0 Å². The van der Waals surface area contributed by atoms with Gasteiger partial charge in [0.1, 0.15) is 12.1 Å². The quantitative estimate of drug-likeness (QED) is 0.594. The van der Waals surface area contributed by atoms with Gasteiger partial charge in [-0.15, -0.1) is 0 Å². The largest absolute Gasteiger partial charge is 0.461 e. The van der Waals surface area contributed by atoms with Crippen molar-refractivity contribution < 1.29 is 14.3 Å². The van der Waals surface area contributed by atoms with Crippen molar-refractivity contribution >= 4 is 24.5 Å². The first-order valence-electron chi connectivity index (χ1n) is 6.67. The number of nitrogens with one attached hydrogen (secondary N) is 1. The standard InChI is InChI=1S/C13H23NO3S/c1-3-10-6-4-5-7-12(10)17-13(16)11(8-18)14-9(2)15/h10-12,18H,3-8H2,1-2H3,(H,14,15). The van der Waals surface area contributed by atoms with Crippen molar-refractivity contribution in [3.63, 3.8) is 0 Å². The highest BCUT2D eigenvalue weighted by molar-refractivity contribution is 7.80. The molecule has 0 aromatic heterocycles. The van der Waals surface area contributed by atoms with Gasteiger partial charge in [0.2, 0.25) is 5.91 Å². The summed E-state index contributed by atoms with van der Waals surface area (Å²) >= 11 is 4.08. The van der Waals surface area contributed by atoms with E-state index in [1.54, 1.807) is 0 Å². The van der Waals surface area contributed by atoms with Gasteiger partial charge in [0, 0.05) is 12.7 Å². The van der Waals surface area contributed by atoms with Gasteiger partial charge in [-0.05, 0) is 31.6 Å². The summed E-state index contributed by atoms with van der Waals surface area (Å²) in [6, 6.07) is -0.634. The fraction of sp³-hybridized carbons (Fsp3) is 0.846. The van der Waals surface area contributed by atoms with E-state index >= 15 is 0 Å². The molecule has 0 radical (unpaired) electrons. The molecule has 3 atom stereocenters. The van der Waals surface area contributed by atoms with Crippen LogP contribution >= 0.6 is 12.6 Å². The van der Waals surface area contributed by atoms with E-state index in [-0.39, 0.29) is 23.7 Å². The minimum atomic E-state index is -0.634. The van der Waals surface area contributed by atoms with E-state index in [1.807, 2.05) is 0 Å². The van der Waals surface area contributed by atoms with Crippen LogP contribution in [0.25, 0.3) is 0 Å². The second-order valence-electron chi connectivity index (χ2n) is 4.86. The third kappa shape index (κ3) is 4.52. The molecule has 1 aliphatic carbocycles. The molecule has 18 heavy (non-hydrogen) atoms. The lowest BCUT2D eigenvalue weighted by atomic mass is 9.85. The minimum absolute atomic E-state index is 0.00684. The molecule has 1 N–H and O–H groups in total. The van der Waals surface area contributed by atoms with Crippen LogP contribution in [0.3, 0.4) is 0 Å². The molecular formula is C13H23NO3S. The van der Waals surface area contributed by atoms with E-state index in [2.05, 4.69) is 24.9 Å². The number of thiol groups is 1. The number of carbonyl (C=O) groups is 2. The first kappa shape index (κ1) is 15.3. The maximum atomic E-state index is 12.0. The molecule has 104 valence electrons. The molecule has 0 spiro atoms. The molecule has 0 aromatic carbocycles. The summed E-state index contributed by atoms with van der Waals surface area (Å²) in [7, 11) is 0. The Morgan fingerprint density at radius 3 is 2.61 bits per heavy atom. The zero-order valence-corrected chi connectivity index (χ0v) is 12.0. The fourth-order valence-electron chi connectivity index (χ4n) is 2.45. The van der Waals surface area contributed by atoms with Gasteiger partial charge in [0.15, 0.2) is 0 Å². The second kappa shape index (κ2) is 7.67. The van der Waals surface area contributed by atoms with Crippen molar-refractivity contribution in [1.29, 1.82) is 0 Å². The molecule has 0 aromatic rings. The highest BCUT2D eigenvalue weighted by atomic mass is 32.1. The molecule has 3 unspecified atom stereocenters. The van der Waals surface area contributed by atoms with Crippen LogP contribution in [-0.4, -0.2) is 29.8 Å². The van der Waals surface area contributed by atoms with Gasteiger partial charge >= 0.3 is 5.97 Å². The number of ether oxygens (including phenoxy) is 1. The lowest BCUT2D eigenvalue weighted by Crippen LogP contribution is -2.44. The summed E-state index contributed by atoms with van der Waals surface area (Å²) in [5.74, 6) is 0.134. The second-order valence-corrected chi connectivity index (χ2v) is 5.23. The SMILES string of the molecule is CCC1CCCCC1OC(=O)C(CS)NC(C)=O. The van der Waals surface area contributed by atoms with Crippen LogP contribution in [0.5, 0.6) is 0 Å². The molecule has 0 bridgehead atoms. The predicted molar refractivity (Wildman–Crippen MR) is 73.6 cm³/mol. The summed E-state index contributed by atoms with van der Waals surface area (Å²) in [5.41, 5.74) is 0. The average molecular weight is 273 g/mol. The number of esters is 1. The van der Waals surface area contributed by atoms with Crippen LogP contribution in [0.2, 0.25) is 0 Å². The van der Waals surface area contributed by atoms with E-state index in [0.29, 0.717) is 5.92 Å². The lowest BCUT2D eigenvalue weighted by Gasteiger charge is -2.31. The zero-order chi connectivity index (χ0) is 13.5. The van der Waals surface area contributed by atoms with Crippen molar-refractivity contribution in [3.05, 3.63) is 0 Å². The maximum absolute atomic E-state index is 12.0. The number of carbonyl (C=O) groups excluding carboxylic acids is 2. The number of hydrogen-bond acceptors (Lipinski definition) is 4. The van der Waals surface area contributed by atoms with E-state index in [0.717, 1.165) is 25.7 Å². The van der Waals surface area contributed by atoms with Gasteiger partial charge < -0.3 is 10.1 Å². The molecule has 1 amide bonds. The van der Waals surface area contributed by atoms with Gasteiger partial charge in [-0.1, -0.05) is 13.3 Å². The first-order chi connectivity index (χ1) is 8.58. The highest BCUT2D eigenvalue weighted by Crippen LogP contribution is 2.29. The molecular weight excluding hydrogens is 250 g/mol. The van der Waals surface area contributed by atoms with Crippen molar-refractivity contribution in [2.24, 2.45) is 5.92 Å². The number of amides is 1. The Morgan fingerprint density at radius 1 is 1.39 bits per heavy atom. The Kier molecular flexibility index (Phi) is 6.54. The Morgan fingerprint density at radius 2 is 2.06 bits per heavy atom. The summed E-state index contributed by atoms with van der Waals surface area (Å²) in [6.45, 7) is 3.51. The molecule has 0 heterocycles. The molecule has 0 saturated heterocycles. The van der Waals surface area contributed by atoms with Crippen LogP contribution in [-0.2, 0) is 14.3 Å². The first-order valence-corrected chi connectivity index (χ1v) is 7.30. The van der Waals surface area contributed by atoms with Crippen molar-refractivity contribution in [1.82, 2.24) is 5.32 Å². The Labute approximate surface area is 114 Å². The van der Waals surface area contributed by atoms with Crippen molar-refractivity contribution in [2.45, 2.75) is 58.1 Å². The minimum Gasteiger partial charge on any atom is -0.461 e. The molecule has 1 aliphatic rings. The Balaban J connectivity index is 2.52. The lowest BCUT2D eigenvalue weighted by molar-refractivity contribution is -0.156. The van der Waals surface area contributed by atoms with E-state index < -0.39 is 6.04 Å². The summed E-state index contributed by atoms with van der Waals surface area (Å²) in [4.78, 5) is 22.9. The summed E-state index contributed by atoms with van der Waals surface area (Å²) in [5, 5.41) is 2.56. The van der Waals surface area contributed by atoms with Gasteiger partial charge in [-0.3, -0.25) is 4.79 Å². The Hall–Kier alpha value is -0.710. The van der Waals surface area contributed by atoms with Crippen LogP contribution in [0.1, 0.15) is 46.0 Å². The maximum Gasteiger partial charge on any atom is 0.329 e. The third-order valence-electron chi connectivity index (χ3n) is 3.48. The van der Waals surface area contributed by atoms with E-state index in [1.165, 1.54) is 13.3 Å². The molecule has 0 aliphatic heterocycles. The predicted octanol–water partition coefficient (Wildman–Crippen LogP) is 1.93. The summed E-state index contributed by atoms with van der Waals surface area (Å²) in [6.07, 6.45) is 5.43. The van der Waals surface area contributed by atoms with Gasteiger partial charge in [-0.2, -0.15) is 12.6 Å². The molecule has 1 rings (SSSR count). The van der Waals surface area contributed by atoms with E-state index in [9.17, 15) is 9.59 Å². The molecule has 1 saturated carbocycles. The monoisotopic (exact) mass is 273 g/mol. The van der Waals surface area contributed by atoms with Crippen molar-refractivity contribution in [2.75, 3.05) is 5.75 Å². The van der Waals surface area contributed by atoms with Gasteiger partial charge in [0.05, 0.1) is 0 Å². The third-order valence-corrected chi connectivity index (χ3v) is 3.84. The summed E-state index contributed by atoms with van der Waals surface area (Å²) < 4.78 is 5.55. The molecule has 4 nitrogen and oxygen atoms in total. The van der Waals surface area contributed by atoms with E-state index in [4.69, 9.17) is 4.74 Å². The average Bonchev–Trinajstić information content (AvgIpc) is 2.36. The smallest absolute Gasteiger partial charge is 0.329 e.